The molecule has 214 valence electrons. The number of nitrogens with one attached hydrogen (secondary N) is 3. The number of fused-ring (bicyclic) bond motifs is 1. The van der Waals surface area contributed by atoms with Gasteiger partial charge in [-0.3, -0.25) is 9.59 Å². The molecule has 5 rings (SSSR count). The third-order valence-electron chi connectivity index (χ3n) is 8.65. The van der Waals surface area contributed by atoms with Gasteiger partial charge < -0.3 is 20.4 Å². The van der Waals surface area contributed by atoms with Crippen LogP contribution in [-0.2, 0) is 26.2 Å². The highest BCUT2D eigenvalue weighted by Crippen LogP contribution is 2.37. The summed E-state index contributed by atoms with van der Waals surface area (Å²) in [5.74, 6) is 0.929. The highest BCUT2D eigenvalue weighted by Gasteiger charge is 2.46. The fourth-order valence-corrected chi connectivity index (χ4v) is 6.25. The molecule has 1 saturated heterocycles. The summed E-state index contributed by atoms with van der Waals surface area (Å²) in [6, 6.07) is 13.1. The molecular weight excluding hydrogens is 531 g/mol. The quantitative estimate of drug-likeness (QED) is 0.295. The summed E-state index contributed by atoms with van der Waals surface area (Å²) in [6.45, 7) is 4.36. The monoisotopic (exact) mass is 568 g/mol. The lowest BCUT2D eigenvalue weighted by atomic mass is 9.76. The van der Waals surface area contributed by atoms with Crippen LogP contribution in [0.15, 0.2) is 42.5 Å². The fraction of sp³-hybridized carbons (Fsp3) is 0.516. The van der Waals surface area contributed by atoms with E-state index in [0.717, 1.165) is 52.3 Å². The first-order valence-corrected chi connectivity index (χ1v) is 14.7. The molecular formula is C31H38ClFN4O3. The molecule has 3 N–H and O–H groups in total. The molecule has 1 unspecified atom stereocenters. The van der Waals surface area contributed by atoms with Crippen LogP contribution in [0.5, 0.6) is 0 Å². The highest BCUT2D eigenvalue weighted by molar-refractivity contribution is 6.31. The SMILES string of the molecule is CC(C)[C@H](Cc1nc2ccc(C3(C(=O)N[C@@H](C(=O)NCCF)C4CCC4)CCOC3)cc2[nH]1)c1ccccc1Cl. The van der Waals surface area contributed by atoms with E-state index in [-0.39, 0.29) is 36.8 Å². The predicted octanol–water partition coefficient (Wildman–Crippen LogP) is 5.23. The van der Waals surface area contributed by atoms with Crippen LogP contribution >= 0.6 is 11.6 Å². The molecule has 2 aliphatic rings. The first-order chi connectivity index (χ1) is 19.3. The van der Waals surface area contributed by atoms with E-state index in [2.05, 4.69) is 35.5 Å². The van der Waals surface area contributed by atoms with Gasteiger partial charge in [0, 0.05) is 24.6 Å². The number of benzene rings is 2. The number of imidazole rings is 1. The molecule has 0 radical (unpaired) electrons. The maximum absolute atomic E-state index is 13.9. The molecule has 2 amide bonds. The molecule has 1 saturated carbocycles. The lowest BCUT2D eigenvalue weighted by molar-refractivity contribution is -0.134. The molecule has 9 heteroatoms. The van der Waals surface area contributed by atoms with Gasteiger partial charge in [-0.15, -0.1) is 0 Å². The predicted molar refractivity (Wildman–Crippen MR) is 154 cm³/mol. The summed E-state index contributed by atoms with van der Waals surface area (Å²) >= 11 is 6.54. The van der Waals surface area contributed by atoms with Crippen molar-refractivity contribution < 1.29 is 18.7 Å². The number of nitrogens with zero attached hydrogens (tertiary/aromatic N) is 1. The van der Waals surface area contributed by atoms with Crippen molar-refractivity contribution in [3.63, 3.8) is 0 Å². The van der Waals surface area contributed by atoms with Gasteiger partial charge in [-0.2, -0.15) is 0 Å². The molecule has 1 aromatic heterocycles. The molecule has 2 heterocycles. The van der Waals surface area contributed by atoms with Crippen LogP contribution in [0, 0.1) is 11.8 Å². The Kier molecular flexibility index (Phi) is 8.76. The Morgan fingerprint density at radius 2 is 2.02 bits per heavy atom. The summed E-state index contributed by atoms with van der Waals surface area (Å²) in [4.78, 5) is 35.0. The van der Waals surface area contributed by atoms with E-state index in [1.807, 2.05) is 36.4 Å². The number of rotatable bonds is 11. The number of hydrogen-bond donors (Lipinski definition) is 3. The molecule has 40 heavy (non-hydrogen) atoms. The molecule has 1 aliphatic carbocycles. The van der Waals surface area contributed by atoms with Gasteiger partial charge in [0.15, 0.2) is 0 Å². The van der Waals surface area contributed by atoms with E-state index in [9.17, 15) is 14.0 Å². The molecule has 7 nitrogen and oxygen atoms in total. The maximum atomic E-state index is 13.9. The minimum atomic E-state index is -0.917. The Balaban J connectivity index is 1.40. The van der Waals surface area contributed by atoms with Crippen LogP contribution < -0.4 is 10.6 Å². The maximum Gasteiger partial charge on any atom is 0.242 e. The summed E-state index contributed by atoms with van der Waals surface area (Å²) in [7, 11) is 0. The van der Waals surface area contributed by atoms with Crippen LogP contribution in [0.1, 0.15) is 62.4 Å². The largest absolute Gasteiger partial charge is 0.380 e. The number of aromatic amines is 1. The molecule has 1 aliphatic heterocycles. The Labute approximate surface area is 239 Å². The standard InChI is InChI=1S/C31H38ClFN4O3/c1-19(2)23(22-8-3-4-9-24(22)32)17-27-35-25-11-10-21(16-26(25)36-27)31(12-15-40-18-31)30(39)37-28(20-6-5-7-20)29(38)34-14-13-33/h3-4,8-11,16,19-20,23,28H,5-7,12-15,17-18H2,1-2H3,(H,34,38)(H,35,36)(H,37,39)/t23-,28+,31?/m0/s1. The van der Waals surface area contributed by atoms with E-state index in [1.165, 1.54) is 0 Å². The Morgan fingerprint density at radius 1 is 1.23 bits per heavy atom. The van der Waals surface area contributed by atoms with Gasteiger partial charge in [0.05, 0.1) is 23.1 Å². The van der Waals surface area contributed by atoms with Gasteiger partial charge in [-0.05, 0) is 66.3 Å². The second-order valence-corrected chi connectivity index (χ2v) is 11.9. The van der Waals surface area contributed by atoms with Crippen LogP contribution in [0.4, 0.5) is 4.39 Å². The third-order valence-corrected chi connectivity index (χ3v) is 8.99. The molecule has 0 bridgehead atoms. The fourth-order valence-electron chi connectivity index (χ4n) is 5.98. The second kappa shape index (κ2) is 12.3. The molecule has 2 aromatic carbocycles. The smallest absolute Gasteiger partial charge is 0.242 e. The zero-order valence-corrected chi connectivity index (χ0v) is 23.9. The van der Waals surface area contributed by atoms with Gasteiger partial charge in [0.2, 0.25) is 11.8 Å². The van der Waals surface area contributed by atoms with Crippen molar-refractivity contribution in [1.82, 2.24) is 20.6 Å². The lowest BCUT2D eigenvalue weighted by Crippen LogP contribution is -2.57. The summed E-state index contributed by atoms with van der Waals surface area (Å²) < 4.78 is 18.5. The first-order valence-electron chi connectivity index (χ1n) is 14.3. The first kappa shape index (κ1) is 28.6. The van der Waals surface area contributed by atoms with Crippen molar-refractivity contribution in [2.45, 2.75) is 63.3 Å². The number of alkyl halides is 1. The topological polar surface area (TPSA) is 96.1 Å². The van der Waals surface area contributed by atoms with Crippen LogP contribution in [-0.4, -0.2) is 54.3 Å². The number of aromatic nitrogens is 2. The summed E-state index contributed by atoms with van der Waals surface area (Å²) in [5, 5.41) is 6.40. The van der Waals surface area contributed by atoms with Gasteiger partial charge in [0.25, 0.3) is 0 Å². The minimum absolute atomic E-state index is 0.0564. The lowest BCUT2D eigenvalue weighted by Gasteiger charge is -2.36. The van der Waals surface area contributed by atoms with Crippen molar-refractivity contribution in [2.24, 2.45) is 11.8 Å². The number of carbonyl (C=O) groups excluding carboxylic acids is 2. The van der Waals surface area contributed by atoms with Crippen molar-refractivity contribution >= 4 is 34.4 Å². The number of carbonyl (C=O) groups is 2. The summed E-state index contributed by atoms with van der Waals surface area (Å²) in [5.41, 5.74) is 2.70. The number of hydrogen-bond acceptors (Lipinski definition) is 4. The van der Waals surface area contributed by atoms with Crippen LogP contribution in [0.25, 0.3) is 11.0 Å². The number of halogens is 2. The number of H-pyrrole nitrogens is 1. The Morgan fingerprint density at radius 3 is 2.67 bits per heavy atom. The van der Waals surface area contributed by atoms with Crippen molar-refractivity contribution in [2.75, 3.05) is 26.4 Å². The number of ether oxygens (including phenoxy) is 1. The normalized spacial score (nSPS) is 20.8. The Hall–Kier alpha value is -2.97. The third kappa shape index (κ3) is 5.75. The highest BCUT2D eigenvalue weighted by atomic mass is 35.5. The number of amides is 2. The average Bonchev–Trinajstić information content (AvgIpc) is 3.56. The minimum Gasteiger partial charge on any atom is -0.380 e. The van der Waals surface area contributed by atoms with Crippen LogP contribution in [0.2, 0.25) is 5.02 Å². The van der Waals surface area contributed by atoms with Gasteiger partial charge in [-0.25, -0.2) is 9.37 Å². The van der Waals surface area contributed by atoms with E-state index < -0.39 is 18.1 Å². The Bertz CT molecular complexity index is 1350. The molecule has 0 spiro atoms. The van der Waals surface area contributed by atoms with E-state index in [4.69, 9.17) is 21.3 Å². The molecule has 3 aromatic rings. The van der Waals surface area contributed by atoms with E-state index in [1.54, 1.807) is 0 Å². The van der Waals surface area contributed by atoms with E-state index >= 15 is 0 Å². The summed E-state index contributed by atoms with van der Waals surface area (Å²) in [6.07, 6.45) is 3.97. The van der Waals surface area contributed by atoms with Gasteiger partial charge >= 0.3 is 0 Å². The van der Waals surface area contributed by atoms with Crippen molar-refractivity contribution in [3.05, 3.63) is 64.4 Å². The molecule has 2 fully saturated rings. The molecule has 3 atom stereocenters. The second-order valence-electron chi connectivity index (χ2n) is 11.5. The van der Waals surface area contributed by atoms with E-state index in [0.29, 0.717) is 25.4 Å². The van der Waals surface area contributed by atoms with Crippen molar-refractivity contribution in [3.8, 4) is 0 Å². The zero-order valence-electron chi connectivity index (χ0n) is 23.1. The van der Waals surface area contributed by atoms with Crippen molar-refractivity contribution in [1.29, 1.82) is 0 Å². The zero-order chi connectivity index (χ0) is 28.3. The van der Waals surface area contributed by atoms with Gasteiger partial charge in [-0.1, -0.05) is 56.1 Å². The van der Waals surface area contributed by atoms with Gasteiger partial charge in [0.1, 0.15) is 18.5 Å². The average molecular weight is 569 g/mol. The van der Waals surface area contributed by atoms with Crippen LogP contribution in [0.3, 0.4) is 0 Å².